The Morgan fingerprint density at radius 1 is 0.933 bits per heavy atom. The van der Waals surface area contributed by atoms with Crippen LogP contribution in [0, 0.1) is 0 Å². The van der Waals surface area contributed by atoms with Gasteiger partial charge in [0, 0.05) is 0 Å². The lowest BCUT2D eigenvalue weighted by Crippen LogP contribution is -1.98. The van der Waals surface area contributed by atoms with Crippen LogP contribution in [0.25, 0.3) is 6.08 Å². The molecule has 0 saturated carbocycles. The van der Waals surface area contributed by atoms with Gasteiger partial charge in [-0.05, 0) is 35.4 Å². The third kappa shape index (κ3) is 2.95. The van der Waals surface area contributed by atoms with E-state index in [2.05, 4.69) is 65.0 Å². The summed E-state index contributed by atoms with van der Waals surface area (Å²) in [7, 11) is 0. The molecule has 0 saturated heterocycles. The Labute approximate surface area is 94.0 Å². The highest BCUT2D eigenvalue weighted by Gasteiger charge is 2.09. The molecule has 82 valence electrons. The van der Waals surface area contributed by atoms with Crippen LogP contribution in [0.2, 0.25) is 0 Å². The van der Waals surface area contributed by atoms with Gasteiger partial charge in [-0.3, -0.25) is 0 Å². The maximum absolute atomic E-state index is 2.32. The van der Waals surface area contributed by atoms with E-state index < -0.39 is 0 Å². The van der Waals surface area contributed by atoms with E-state index in [-0.39, 0.29) is 0 Å². The highest BCUT2D eigenvalue weighted by molar-refractivity contribution is 5.52. The summed E-state index contributed by atoms with van der Waals surface area (Å²) in [4.78, 5) is 0. The summed E-state index contributed by atoms with van der Waals surface area (Å²) in [5, 5.41) is 0. The van der Waals surface area contributed by atoms with E-state index in [1.165, 1.54) is 16.7 Å². The molecule has 15 heavy (non-hydrogen) atoms. The zero-order valence-corrected chi connectivity index (χ0v) is 10.5. The normalized spacial score (nSPS) is 11.9. The third-order valence-electron chi connectivity index (χ3n) is 2.71. The van der Waals surface area contributed by atoms with Gasteiger partial charge in [0.2, 0.25) is 0 Å². The SMILES string of the molecule is C/C=C/c1ccc(C(C)C)c(C(C)C)c1. The van der Waals surface area contributed by atoms with Crippen molar-refractivity contribution in [3.63, 3.8) is 0 Å². The summed E-state index contributed by atoms with van der Waals surface area (Å²) in [6.07, 6.45) is 4.25. The number of allylic oxidation sites excluding steroid dienone is 1. The van der Waals surface area contributed by atoms with Crippen molar-refractivity contribution in [3.8, 4) is 0 Å². The molecular formula is C15H22. The maximum atomic E-state index is 2.32. The van der Waals surface area contributed by atoms with Gasteiger partial charge in [0.25, 0.3) is 0 Å². The van der Waals surface area contributed by atoms with Crippen molar-refractivity contribution in [3.05, 3.63) is 41.0 Å². The molecule has 1 aromatic rings. The Bertz CT molecular complexity index is 343. The van der Waals surface area contributed by atoms with E-state index >= 15 is 0 Å². The quantitative estimate of drug-likeness (QED) is 0.649. The second kappa shape index (κ2) is 5.16. The van der Waals surface area contributed by atoms with Gasteiger partial charge in [0.05, 0.1) is 0 Å². The minimum absolute atomic E-state index is 0.604. The molecule has 0 heteroatoms. The number of hydrogen-bond donors (Lipinski definition) is 0. The van der Waals surface area contributed by atoms with Gasteiger partial charge in [-0.25, -0.2) is 0 Å². The molecule has 0 nitrogen and oxygen atoms in total. The minimum atomic E-state index is 0.604. The van der Waals surface area contributed by atoms with Crippen LogP contribution in [0.4, 0.5) is 0 Å². The smallest absolute Gasteiger partial charge is 0.0216 e. The lowest BCUT2D eigenvalue weighted by atomic mass is 9.89. The second-order valence-corrected chi connectivity index (χ2v) is 4.70. The van der Waals surface area contributed by atoms with Crippen LogP contribution in [0.15, 0.2) is 24.3 Å². The molecule has 0 spiro atoms. The molecule has 0 amide bonds. The lowest BCUT2D eigenvalue weighted by Gasteiger charge is -2.16. The average Bonchev–Trinajstić information content (AvgIpc) is 2.17. The number of hydrogen-bond acceptors (Lipinski definition) is 0. The Morgan fingerprint density at radius 2 is 1.53 bits per heavy atom. The van der Waals surface area contributed by atoms with E-state index in [9.17, 15) is 0 Å². The molecule has 1 aromatic carbocycles. The van der Waals surface area contributed by atoms with Crippen LogP contribution < -0.4 is 0 Å². The van der Waals surface area contributed by atoms with Crippen LogP contribution in [-0.2, 0) is 0 Å². The molecular weight excluding hydrogens is 180 g/mol. The summed E-state index contributed by atoms with van der Waals surface area (Å²) < 4.78 is 0. The van der Waals surface area contributed by atoms with Crippen LogP contribution in [0.1, 0.15) is 63.1 Å². The van der Waals surface area contributed by atoms with Gasteiger partial charge in [-0.15, -0.1) is 0 Å². The molecule has 0 N–H and O–H groups in total. The van der Waals surface area contributed by atoms with E-state index in [4.69, 9.17) is 0 Å². The molecule has 0 bridgehead atoms. The van der Waals surface area contributed by atoms with Gasteiger partial charge in [0.1, 0.15) is 0 Å². The number of rotatable bonds is 3. The molecule has 0 atom stereocenters. The van der Waals surface area contributed by atoms with Gasteiger partial charge < -0.3 is 0 Å². The topological polar surface area (TPSA) is 0 Å². The average molecular weight is 202 g/mol. The lowest BCUT2D eigenvalue weighted by molar-refractivity contribution is 0.790. The van der Waals surface area contributed by atoms with Gasteiger partial charge >= 0.3 is 0 Å². The van der Waals surface area contributed by atoms with Crippen LogP contribution >= 0.6 is 0 Å². The maximum Gasteiger partial charge on any atom is -0.0216 e. The van der Waals surface area contributed by atoms with Crippen LogP contribution in [-0.4, -0.2) is 0 Å². The molecule has 1 rings (SSSR count). The molecule has 0 radical (unpaired) electrons. The predicted octanol–water partition coefficient (Wildman–Crippen LogP) is 4.97. The zero-order valence-electron chi connectivity index (χ0n) is 10.5. The molecule has 0 aliphatic rings. The van der Waals surface area contributed by atoms with Gasteiger partial charge in [-0.2, -0.15) is 0 Å². The van der Waals surface area contributed by atoms with Crippen molar-refractivity contribution in [1.82, 2.24) is 0 Å². The third-order valence-corrected chi connectivity index (χ3v) is 2.71. The molecule has 0 aliphatic carbocycles. The standard InChI is InChI=1S/C15H22/c1-6-7-13-8-9-14(11(2)3)15(10-13)12(4)5/h6-12H,1-5H3/b7-6+. The van der Waals surface area contributed by atoms with Crippen molar-refractivity contribution in [2.45, 2.75) is 46.5 Å². The van der Waals surface area contributed by atoms with Crippen molar-refractivity contribution < 1.29 is 0 Å². The molecule has 0 heterocycles. The molecule has 0 aromatic heterocycles. The van der Waals surface area contributed by atoms with E-state index in [0.717, 1.165) is 0 Å². The fourth-order valence-corrected chi connectivity index (χ4v) is 1.92. The summed E-state index contributed by atoms with van der Waals surface area (Å²) in [6.45, 7) is 11.1. The highest BCUT2D eigenvalue weighted by atomic mass is 14.1. The first-order chi connectivity index (χ1) is 7.06. The summed E-state index contributed by atoms with van der Waals surface area (Å²) in [5.74, 6) is 1.22. The first-order valence-electron chi connectivity index (χ1n) is 5.82. The van der Waals surface area contributed by atoms with Crippen LogP contribution in [0.5, 0.6) is 0 Å². The monoisotopic (exact) mass is 202 g/mol. The largest absolute Gasteiger partial charge is 0.0871 e. The fourth-order valence-electron chi connectivity index (χ4n) is 1.92. The summed E-state index contributed by atoms with van der Waals surface area (Å²) in [6, 6.07) is 6.80. The van der Waals surface area contributed by atoms with Crippen molar-refractivity contribution in [1.29, 1.82) is 0 Å². The Kier molecular flexibility index (Phi) is 4.14. The minimum Gasteiger partial charge on any atom is -0.0871 e. The van der Waals surface area contributed by atoms with Crippen LogP contribution in [0.3, 0.4) is 0 Å². The Hall–Kier alpha value is -1.04. The van der Waals surface area contributed by atoms with E-state index in [0.29, 0.717) is 11.8 Å². The first-order valence-corrected chi connectivity index (χ1v) is 5.82. The fraction of sp³-hybridized carbons (Fsp3) is 0.467. The predicted molar refractivity (Wildman–Crippen MR) is 69.3 cm³/mol. The first kappa shape index (κ1) is 12.0. The summed E-state index contributed by atoms with van der Waals surface area (Å²) in [5.41, 5.74) is 4.28. The van der Waals surface area contributed by atoms with Crippen molar-refractivity contribution in [2.24, 2.45) is 0 Å². The molecule has 0 unspecified atom stereocenters. The Balaban J connectivity index is 3.20. The van der Waals surface area contributed by atoms with Crippen molar-refractivity contribution >= 4 is 6.08 Å². The van der Waals surface area contributed by atoms with Crippen molar-refractivity contribution in [2.75, 3.05) is 0 Å². The van der Waals surface area contributed by atoms with Gasteiger partial charge in [-0.1, -0.05) is 58.0 Å². The van der Waals surface area contributed by atoms with Gasteiger partial charge in [0.15, 0.2) is 0 Å². The zero-order chi connectivity index (χ0) is 11.4. The number of benzene rings is 1. The molecule has 0 fully saturated rings. The highest BCUT2D eigenvalue weighted by Crippen LogP contribution is 2.27. The molecule has 0 aliphatic heterocycles. The van der Waals surface area contributed by atoms with E-state index in [1.807, 2.05) is 0 Å². The Morgan fingerprint density at radius 3 is 2.00 bits per heavy atom. The van der Waals surface area contributed by atoms with E-state index in [1.54, 1.807) is 0 Å². The summed E-state index contributed by atoms with van der Waals surface area (Å²) >= 11 is 0. The second-order valence-electron chi connectivity index (χ2n) is 4.70.